The molecule has 1 aromatic rings. The number of hydrogen-bond acceptors (Lipinski definition) is 5. The predicted octanol–water partition coefficient (Wildman–Crippen LogP) is 0.512. The fraction of sp³-hybridized carbons (Fsp3) is 0.529. The Morgan fingerprint density at radius 2 is 2.09 bits per heavy atom. The van der Waals surface area contributed by atoms with Crippen LogP contribution in [0.25, 0.3) is 0 Å². The van der Waals surface area contributed by atoms with Crippen molar-refractivity contribution in [3.8, 4) is 5.75 Å². The third-order valence-corrected chi connectivity index (χ3v) is 4.93. The van der Waals surface area contributed by atoms with Crippen LogP contribution < -0.4 is 4.74 Å². The van der Waals surface area contributed by atoms with E-state index in [-0.39, 0.29) is 23.7 Å². The molecule has 0 aromatic heterocycles. The van der Waals surface area contributed by atoms with E-state index in [0.29, 0.717) is 39.4 Å². The lowest BCUT2D eigenvalue weighted by atomic mass is 10.0. The lowest BCUT2D eigenvalue weighted by molar-refractivity contribution is -0.142. The molecule has 2 atom stereocenters. The number of nitrogens with zero attached hydrogens (tertiary/aromatic N) is 2. The highest BCUT2D eigenvalue weighted by Gasteiger charge is 2.45. The standard InChI is InChI=1S/C17H20N2O4/c20-16(19-8-13-11-23-17(21)14(13)9-19)10-18-5-6-22-15-4-2-1-3-12(15)7-18/h1-4,13-14H,5-11H2/t13-,14-/m1/s1. The van der Waals surface area contributed by atoms with Gasteiger partial charge in [-0.3, -0.25) is 14.5 Å². The van der Waals surface area contributed by atoms with Gasteiger partial charge in [0.1, 0.15) is 12.4 Å². The first-order valence-electron chi connectivity index (χ1n) is 8.08. The van der Waals surface area contributed by atoms with E-state index in [4.69, 9.17) is 9.47 Å². The van der Waals surface area contributed by atoms with Crippen LogP contribution >= 0.6 is 0 Å². The van der Waals surface area contributed by atoms with Gasteiger partial charge in [-0.15, -0.1) is 0 Å². The maximum atomic E-state index is 12.6. The Morgan fingerprint density at radius 1 is 1.22 bits per heavy atom. The zero-order valence-electron chi connectivity index (χ0n) is 12.9. The van der Waals surface area contributed by atoms with Gasteiger partial charge in [0.2, 0.25) is 5.91 Å². The summed E-state index contributed by atoms with van der Waals surface area (Å²) in [5.41, 5.74) is 1.11. The van der Waals surface area contributed by atoms with E-state index in [2.05, 4.69) is 4.90 Å². The summed E-state index contributed by atoms with van der Waals surface area (Å²) >= 11 is 0. The smallest absolute Gasteiger partial charge is 0.311 e. The van der Waals surface area contributed by atoms with Crippen molar-refractivity contribution in [1.29, 1.82) is 0 Å². The Labute approximate surface area is 134 Å². The van der Waals surface area contributed by atoms with Crippen LogP contribution in [0.1, 0.15) is 5.56 Å². The van der Waals surface area contributed by atoms with Crippen molar-refractivity contribution in [2.24, 2.45) is 11.8 Å². The topological polar surface area (TPSA) is 59.1 Å². The highest BCUT2D eigenvalue weighted by molar-refractivity contribution is 5.81. The van der Waals surface area contributed by atoms with Crippen LogP contribution in [0.5, 0.6) is 5.75 Å². The van der Waals surface area contributed by atoms with Crippen molar-refractivity contribution in [1.82, 2.24) is 9.80 Å². The number of ether oxygens (including phenoxy) is 2. The molecule has 0 bridgehead atoms. The largest absolute Gasteiger partial charge is 0.492 e. The Bertz CT molecular complexity index is 633. The number of esters is 1. The summed E-state index contributed by atoms with van der Waals surface area (Å²) in [6, 6.07) is 7.95. The molecule has 1 amide bonds. The zero-order chi connectivity index (χ0) is 15.8. The van der Waals surface area contributed by atoms with Crippen molar-refractivity contribution in [2.75, 3.05) is 39.4 Å². The van der Waals surface area contributed by atoms with Gasteiger partial charge in [-0.1, -0.05) is 18.2 Å². The first kappa shape index (κ1) is 14.5. The van der Waals surface area contributed by atoms with Crippen LogP contribution in [0.3, 0.4) is 0 Å². The van der Waals surface area contributed by atoms with E-state index in [1.54, 1.807) is 0 Å². The molecule has 2 fully saturated rings. The van der Waals surface area contributed by atoms with Crippen LogP contribution in [0.4, 0.5) is 0 Å². The second-order valence-electron chi connectivity index (χ2n) is 6.46. The summed E-state index contributed by atoms with van der Waals surface area (Å²) in [5, 5.41) is 0. The zero-order valence-corrected chi connectivity index (χ0v) is 12.9. The normalized spacial score (nSPS) is 27.0. The van der Waals surface area contributed by atoms with E-state index in [9.17, 15) is 9.59 Å². The molecule has 0 aliphatic carbocycles. The summed E-state index contributed by atoms with van der Waals surface area (Å²) < 4.78 is 10.8. The average Bonchev–Trinajstić information content (AvgIpc) is 3.04. The van der Waals surface area contributed by atoms with Crippen LogP contribution in [0, 0.1) is 11.8 Å². The fourth-order valence-electron chi connectivity index (χ4n) is 3.61. The number of fused-ring (bicyclic) bond motifs is 2. The van der Waals surface area contributed by atoms with Crippen LogP contribution in [-0.4, -0.2) is 61.1 Å². The second kappa shape index (κ2) is 5.85. The molecule has 0 saturated carbocycles. The van der Waals surface area contributed by atoms with Crippen molar-refractivity contribution in [3.05, 3.63) is 29.8 Å². The van der Waals surface area contributed by atoms with E-state index in [1.165, 1.54) is 0 Å². The molecule has 0 spiro atoms. The van der Waals surface area contributed by atoms with Gasteiger partial charge >= 0.3 is 5.97 Å². The summed E-state index contributed by atoms with van der Waals surface area (Å²) in [7, 11) is 0. The minimum atomic E-state index is -0.151. The van der Waals surface area contributed by atoms with Gasteiger partial charge in [0.15, 0.2) is 0 Å². The predicted molar refractivity (Wildman–Crippen MR) is 81.7 cm³/mol. The summed E-state index contributed by atoms with van der Waals surface area (Å²) in [6.45, 7) is 3.99. The van der Waals surface area contributed by atoms with Gasteiger partial charge in [0.25, 0.3) is 0 Å². The van der Waals surface area contributed by atoms with Gasteiger partial charge < -0.3 is 14.4 Å². The van der Waals surface area contributed by atoms with Gasteiger partial charge in [0, 0.05) is 37.7 Å². The molecule has 0 radical (unpaired) electrons. The molecule has 4 rings (SSSR count). The molecular weight excluding hydrogens is 296 g/mol. The van der Waals surface area contributed by atoms with E-state index in [0.717, 1.165) is 17.9 Å². The minimum Gasteiger partial charge on any atom is -0.492 e. The molecule has 23 heavy (non-hydrogen) atoms. The molecule has 3 aliphatic rings. The molecule has 6 nitrogen and oxygen atoms in total. The molecule has 3 heterocycles. The lowest BCUT2D eigenvalue weighted by Gasteiger charge is -2.23. The first-order chi connectivity index (χ1) is 11.2. The SMILES string of the molecule is O=C1OC[C@H]2CN(C(=O)CN3CCOc4ccccc4C3)C[C@@H]12. The Morgan fingerprint density at radius 3 is 2.96 bits per heavy atom. The third-order valence-electron chi connectivity index (χ3n) is 4.93. The highest BCUT2D eigenvalue weighted by Crippen LogP contribution is 2.30. The summed E-state index contributed by atoms with van der Waals surface area (Å²) in [4.78, 5) is 28.1. The van der Waals surface area contributed by atoms with Gasteiger partial charge in [0.05, 0.1) is 19.1 Å². The van der Waals surface area contributed by atoms with Gasteiger partial charge in [-0.25, -0.2) is 0 Å². The number of likely N-dealkylation sites (tertiary alicyclic amines) is 1. The summed E-state index contributed by atoms with van der Waals surface area (Å²) in [6.07, 6.45) is 0. The maximum Gasteiger partial charge on any atom is 0.311 e. The number of benzene rings is 1. The average molecular weight is 316 g/mol. The lowest BCUT2D eigenvalue weighted by Crippen LogP contribution is -2.40. The molecule has 6 heteroatoms. The van der Waals surface area contributed by atoms with E-state index in [1.807, 2.05) is 29.2 Å². The Kier molecular flexibility index (Phi) is 3.69. The Balaban J connectivity index is 1.39. The van der Waals surface area contributed by atoms with Crippen molar-refractivity contribution >= 4 is 11.9 Å². The number of carbonyl (C=O) groups is 2. The van der Waals surface area contributed by atoms with Crippen LogP contribution in [0.15, 0.2) is 24.3 Å². The van der Waals surface area contributed by atoms with Gasteiger partial charge in [-0.2, -0.15) is 0 Å². The number of cyclic esters (lactones) is 1. The van der Waals surface area contributed by atoms with Crippen molar-refractivity contribution < 1.29 is 19.1 Å². The van der Waals surface area contributed by atoms with Crippen molar-refractivity contribution in [3.63, 3.8) is 0 Å². The number of hydrogen-bond donors (Lipinski definition) is 0. The number of amides is 1. The molecule has 122 valence electrons. The van der Waals surface area contributed by atoms with E-state index >= 15 is 0 Å². The highest BCUT2D eigenvalue weighted by atomic mass is 16.5. The molecule has 0 N–H and O–H groups in total. The molecule has 0 unspecified atom stereocenters. The molecule has 3 aliphatic heterocycles. The Hall–Kier alpha value is -2.08. The first-order valence-corrected chi connectivity index (χ1v) is 8.08. The van der Waals surface area contributed by atoms with Crippen molar-refractivity contribution in [2.45, 2.75) is 6.54 Å². The van der Waals surface area contributed by atoms with Crippen LogP contribution in [-0.2, 0) is 20.9 Å². The van der Waals surface area contributed by atoms with Gasteiger partial charge in [-0.05, 0) is 6.07 Å². The van der Waals surface area contributed by atoms with E-state index < -0.39 is 0 Å². The summed E-state index contributed by atoms with van der Waals surface area (Å²) in [5.74, 6) is 0.904. The molecular formula is C17H20N2O4. The monoisotopic (exact) mass is 316 g/mol. The minimum absolute atomic E-state index is 0.0894. The second-order valence-corrected chi connectivity index (χ2v) is 6.46. The fourth-order valence-corrected chi connectivity index (χ4v) is 3.61. The number of rotatable bonds is 2. The molecule has 2 saturated heterocycles. The quantitative estimate of drug-likeness (QED) is 0.744. The third kappa shape index (κ3) is 2.79. The number of carbonyl (C=O) groups excluding carboxylic acids is 2. The van der Waals surface area contributed by atoms with Crippen LogP contribution in [0.2, 0.25) is 0 Å². The number of para-hydroxylation sites is 1. The maximum absolute atomic E-state index is 12.6. The molecule has 1 aromatic carbocycles.